The van der Waals surface area contributed by atoms with E-state index in [4.69, 9.17) is 23.3 Å². The molecule has 472 valence electrons. The molecule has 82 heavy (non-hydrogen) atoms. The lowest BCUT2D eigenvalue weighted by Gasteiger charge is -2.21. The van der Waals surface area contributed by atoms with E-state index in [-0.39, 0.29) is 25.9 Å². The van der Waals surface area contributed by atoms with E-state index >= 15 is 0 Å². The van der Waals surface area contributed by atoms with Crippen LogP contribution in [0.15, 0.2) is 97.2 Å². The third-order valence-corrected chi connectivity index (χ3v) is 15.0. The van der Waals surface area contributed by atoms with Crippen molar-refractivity contribution in [3.63, 3.8) is 0 Å². The molecule has 0 aromatic carbocycles. The zero-order chi connectivity index (χ0) is 59.8. The summed E-state index contributed by atoms with van der Waals surface area (Å²) in [5.74, 6) is -1.56. The molecule has 0 aliphatic carbocycles. The van der Waals surface area contributed by atoms with Crippen molar-refractivity contribution in [1.82, 2.24) is 0 Å². The Labute approximate surface area is 502 Å². The van der Waals surface area contributed by atoms with E-state index in [9.17, 15) is 28.9 Å². The van der Waals surface area contributed by atoms with Crippen LogP contribution < -0.4 is 0 Å². The minimum Gasteiger partial charge on any atom is -0.462 e. The molecule has 2 N–H and O–H groups in total. The molecule has 0 aromatic rings. The van der Waals surface area contributed by atoms with E-state index in [0.717, 1.165) is 83.5 Å². The average Bonchev–Trinajstić information content (AvgIpc) is 3.50. The number of aliphatic hydroxyl groups is 1. The normalized spacial score (nSPS) is 13.9. The summed E-state index contributed by atoms with van der Waals surface area (Å²) >= 11 is 0. The highest BCUT2D eigenvalue weighted by Gasteiger charge is 2.28. The molecule has 0 amide bonds. The van der Waals surface area contributed by atoms with Gasteiger partial charge in [0.05, 0.1) is 19.8 Å². The summed E-state index contributed by atoms with van der Waals surface area (Å²) in [5.41, 5.74) is 0. The third kappa shape index (κ3) is 61.0. The number of aliphatic hydroxyl groups excluding tert-OH is 1. The molecule has 0 bridgehead atoms. The van der Waals surface area contributed by atoms with Gasteiger partial charge in [0.15, 0.2) is 6.10 Å². The van der Waals surface area contributed by atoms with Gasteiger partial charge in [0.2, 0.25) is 0 Å². The standard InChI is InChI=1S/C70H121O11P/c1-4-7-10-13-16-19-22-25-28-31-33-36-39-42-45-48-51-54-57-60-69(73)80-66(62-71)64-78-82(75,76)79-65-67(63-77-68(72)59-56-53-50-47-44-41-38-35-30-27-24-21-18-15-12-9-6-3)81-70(74)61-58-55-52-49-46-43-40-37-34-32-29-26-23-20-17-14-11-8-5-2/h8,11,16-17,19-20,25-26,28-29,34,37,43,46,52,55,66-67,71H,4-7,9-10,12-15,18,21-24,27,30-33,35-36,38-42,44-45,47-51,53-54,56-65H2,1-3H3,(H,75,76)/b11-8-,19-16-,20-17-,28-25-,29-26-,37-34-,46-43-,55-52-. The summed E-state index contributed by atoms with van der Waals surface area (Å²) in [6, 6.07) is 0. The molecule has 3 atom stereocenters. The number of phosphoric ester groups is 1. The molecule has 0 aliphatic heterocycles. The number of hydrogen-bond acceptors (Lipinski definition) is 10. The molecule has 0 rings (SSSR count). The summed E-state index contributed by atoms with van der Waals surface area (Å²) in [7, 11) is -4.78. The molecule has 3 unspecified atom stereocenters. The number of carbonyl (C=O) groups is 3. The maximum Gasteiger partial charge on any atom is 0.472 e. The van der Waals surface area contributed by atoms with Gasteiger partial charge in [-0.15, -0.1) is 0 Å². The lowest BCUT2D eigenvalue weighted by molar-refractivity contribution is -0.161. The van der Waals surface area contributed by atoms with E-state index in [1.165, 1.54) is 141 Å². The Bertz CT molecular complexity index is 1750. The van der Waals surface area contributed by atoms with Gasteiger partial charge in [0.1, 0.15) is 12.7 Å². The number of esters is 3. The van der Waals surface area contributed by atoms with E-state index in [0.29, 0.717) is 25.7 Å². The highest BCUT2D eigenvalue weighted by Crippen LogP contribution is 2.43. The van der Waals surface area contributed by atoms with Crippen molar-refractivity contribution in [2.45, 2.75) is 303 Å². The molecule has 0 radical (unpaired) electrons. The fourth-order valence-electron chi connectivity index (χ4n) is 9.00. The maximum atomic E-state index is 13.0. The minimum absolute atomic E-state index is 0.0409. The predicted octanol–water partition coefficient (Wildman–Crippen LogP) is 20.4. The number of unbranched alkanes of at least 4 members (excludes halogenated alkanes) is 28. The summed E-state index contributed by atoms with van der Waals surface area (Å²) in [6.07, 6.45) is 76.6. The van der Waals surface area contributed by atoms with Gasteiger partial charge in [-0.25, -0.2) is 4.57 Å². The molecule has 0 heterocycles. The van der Waals surface area contributed by atoms with Crippen molar-refractivity contribution >= 4 is 25.7 Å². The Morgan fingerprint density at radius 2 is 0.659 bits per heavy atom. The zero-order valence-electron chi connectivity index (χ0n) is 52.4. The predicted molar refractivity (Wildman–Crippen MR) is 344 cm³/mol. The summed E-state index contributed by atoms with van der Waals surface area (Å²) in [4.78, 5) is 48.8. The lowest BCUT2D eigenvalue weighted by Crippen LogP contribution is -2.30. The van der Waals surface area contributed by atoms with Crippen LogP contribution >= 0.6 is 7.82 Å². The Kier molecular flexibility index (Phi) is 60.6. The molecule has 0 spiro atoms. The lowest BCUT2D eigenvalue weighted by atomic mass is 10.0. The Balaban J connectivity index is 4.77. The Morgan fingerprint density at radius 1 is 0.354 bits per heavy atom. The van der Waals surface area contributed by atoms with Crippen LogP contribution in [0.25, 0.3) is 0 Å². The van der Waals surface area contributed by atoms with Crippen LogP contribution in [0.2, 0.25) is 0 Å². The van der Waals surface area contributed by atoms with Gasteiger partial charge < -0.3 is 24.2 Å². The van der Waals surface area contributed by atoms with Crippen LogP contribution in [0.1, 0.15) is 290 Å². The molecular formula is C70H121O11P. The summed E-state index contributed by atoms with van der Waals surface area (Å²) in [6.45, 7) is 4.47. The molecule has 12 heteroatoms. The second-order valence-corrected chi connectivity index (χ2v) is 23.4. The Hall–Kier alpha value is -3.60. The van der Waals surface area contributed by atoms with Gasteiger partial charge in [-0.1, -0.05) is 279 Å². The second kappa shape index (κ2) is 63.4. The largest absolute Gasteiger partial charge is 0.472 e. The molecule has 11 nitrogen and oxygen atoms in total. The first-order chi connectivity index (χ1) is 40.2. The van der Waals surface area contributed by atoms with Crippen LogP contribution in [0, 0.1) is 0 Å². The fourth-order valence-corrected chi connectivity index (χ4v) is 9.79. The molecule has 0 fully saturated rings. The smallest absolute Gasteiger partial charge is 0.462 e. The number of carbonyl (C=O) groups excluding carboxylic acids is 3. The molecular weight excluding hydrogens is 1050 g/mol. The van der Waals surface area contributed by atoms with Gasteiger partial charge in [-0.3, -0.25) is 23.4 Å². The SMILES string of the molecule is CC/C=C\C/C=C\C/C=C\C/C=C\C/C=C\C/C=C\CCC(=O)OC(COC(=O)CCCCCCCCCCCCCCCCCCC)COP(=O)(O)OCC(CO)OC(=O)CCCCCCCCCCC/C=C\C/C=C\CCCCC. The van der Waals surface area contributed by atoms with Crippen molar-refractivity contribution in [1.29, 1.82) is 0 Å². The van der Waals surface area contributed by atoms with Crippen molar-refractivity contribution in [3.05, 3.63) is 97.2 Å². The first-order valence-electron chi connectivity index (χ1n) is 33.1. The van der Waals surface area contributed by atoms with Crippen LogP contribution in [0.3, 0.4) is 0 Å². The first kappa shape index (κ1) is 78.4. The topological polar surface area (TPSA) is 155 Å². The van der Waals surface area contributed by atoms with Crippen molar-refractivity contribution in [3.8, 4) is 0 Å². The highest BCUT2D eigenvalue weighted by molar-refractivity contribution is 7.47. The average molecular weight is 1170 g/mol. The molecule has 0 saturated heterocycles. The number of ether oxygens (including phenoxy) is 3. The summed E-state index contributed by atoms with van der Waals surface area (Å²) < 4.78 is 39.6. The van der Waals surface area contributed by atoms with Crippen molar-refractivity contribution in [2.24, 2.45) is 0 Å². The quantitative estimate of drug-likeness (QED) is 0.0197. The van der Waals surface area contributed by atoms with Gasteiger partial charge in [0, 0.05) is 19.3 Å². The second-order valence-electron chi connectivity index (χ2n) is 21.9. The molecule has 0 aromatic heterocycles. The monoisotopic (exact) mass is 1170 g/mol. The van der Waals surface area contributed by atoms with Crippen LogP contribution in [-0.2, 0) is 42.2 Å². The fraction of sp³-hybridized carbons (Fsp3) is 0.729. The van der Waals surface area contributed by atoms with Crippen LogP contribution in [-0.4, -0.2) is 66.5 Å². The number of phosphoric acid groups is 1. The summed E-state index contributed by atoms with van der Waals surface area (Å²) in [5, 5.41) is 9.87. The van der Waals surface area contributed by atoms with E-state index in [1.807, 2.05) is 12.2 Å². The third-order valence-electron chi connectivity index (χ3n) is 14.0. The van der Waals surface area contributed by atoms with Crippen LogP contribution in [0.5, 0.6) is 0 Å². The van der Waals surface area contributed by atoms with Gasteiger partial charge in [-0.2, -0.15) is 0 Å². The van der Waals surface area contributed by atoms with Gasteiger partial charge in [0.25, 0.3) is 0 Å². The van der Waals surface area contributed by atoms with E-state index in [1.54, 1.807) is 0 Å². The number of rotatable bonds is 61. The number of allylic oxidation sites excluding steroid dienone is 16. The first-order valence-corrected chi connectivity index (χ1v) is 34.6. The highest BCUT2D eigenvalue weighted by atomic mass is 31.2. The molecule has 0 saturated carbocycles. The van der Waals surface area contributed by atoms with Gasteiger partial charge >= 0.3 is 25.7 Å². The van der Waals surface area contributed by atoms with Crippen molar-refractivity contribution in [2.75, 3.05) is 26.4 Å². The zero-order valence-corrected chi connectivity index (χ0v) is 53.3. The van der Waals surface area contributed by atoms with Gasteiger partial charge in [-0.05, 0) is 89.9 Å². The maximum absolute atomic E-state index is 13.0. The van der Waals surface area contributed by atoms with E-state index < -0.39 is 57.8 Å². The number of hydrogen-bond donors (Lipinski definition) is 2. The van der Waals surface area contributed by atoms with E-state index in [2.05, 4.69) is 106 Å². The van der Waals surface area contributed by atoms with Crippen LogP contribution in [0.4, 0.5) is 0 Å². The molecule has 0 aliphatic rings. The minimum atomic E-state index is -4.78. The van der Waals surface area contributed by atoms with Crippen molar-refractivity contribution < 1.29 is 52.2 Å². The Morgan fingerprint density at radius 3 is 1.07 bits per heavy atom.